The second-order valence-corrected chi connectivity index (χ2v) is 6.63. The van der Waals surface area contributed by atoms with E-state index in [2.05, 4.69) is 11.9 Å². The van der Waals surface area contributed by atoms with Crippen LogP contribution in [0.3, 0.4) is 0 Å². The highest BCUT2D eigenvalue weighted by Crippen LogP contribution is 2.00. The molecule has 3 N–H and O–H groups in total. The number of amides is 1. The van der Waals surface area contributed by atoms with E-state index in [4.69, 9.17) is 4.55 Å². The van der Waals surface area contributed by atoms with Crippen molar-refractivity contribution >= 4 is 16.0 Å². The maximum Gasteiger partial charge on any atom is 0.265 e. The molecular weight excluding hydrogens is 272 g/mol. The Morgan fingerprint density at radius 1 is 1.32 bits per heavy atom. The Kier molecular flexibility index (Phi) is 8.85. The molecule has 0 rings (SSSR count). The molecule has 7 nitrogen and oxygen atoms in total. The summed E-state index contributed by atoms with van der Waals surface area (Å²) in [7, 11) is -0.000299. The molecule has 1 amide bonds. The van der Waals surface area contributed by atoms with Crippen molar-refractivity contribution in [2.75, 3.05) is 39.5 Å². The van der Waals surface area contributed by atoms with E-state index in [1.54, 1.807) is 6.92 Å². The fourth-order valence-corrected chi connectivity index (χ4v) is 1.90. The molecule has 0 aromatic rings. The van der Waals surface area contributed by atoms with Crippen molar-refractivity contribution in [1.29, 1.82) is 0 Å². The average molecular weight is 296 g/mol. The summed E-state index contributed by atoms with van der Waals surface area (Å²) in [5, 5.41) is 2.72. The van der Waals surface area contributed by atoms with E-state index in [9.17, 15) is 13.2 Å². The maximum absolute atomic E-state index is 11.2. The SMILES string of the molecule is C=C(C)C(=O)NCC[N+](C)(C)CCCS(=O)(=O)O.[OH-]. The highest BCUT2D eigenvalue weighted by molar-refractivity contribution is 7.85. The molecule has 0 unspecified atom stereocenters. The smallest absolute Gasteiger partial charge is 0.265 e. The molecule has 0 aromatic heterocycles. The van der Waals surface area contributed by atoms with Gasteiger partial charge in [-0.2, -0.15) is 8.42 Å². The number of nitrogens with one attached hydrogen (secondary N) is 1. The van der Waals surface area contributed by atoms with Crippen LogP contribution in [-0.4, -0.2) is 68.3 Å². The highest BCUT2D eigenvalue weighted by atomic mass is 32.2. The van der Waals surface area contributed by atoms with Crippen LogP contribution in [0.5, 0.6) is 0 Å². The molecule has 0 radical (unpaired) electrons. The molecule has 0 aromatic carbocycles. The maximum atomic E-state index is 11.2. The minimum atomic E-state index is -3.88. The lowest BCUT2D eigenvalue weighted by molar-refractivity contribution is -0.889. The number of carbonyl (C=O) groups excluding carboxylic acids is 1. The lowest BCUT2D eigenvalue weighted by Crippen LogP contribution is -2.46. The zero-order valence-electron chi connectivity index (χ0n) is 11.7. The van der Waals surface area contributed by atoms with Crippen molar-refractivity contribution < 1.29 is 27.7 Å². The number of carbonyl (C=O) groups is 1. The molecule has 0 spiro atoms. The van der Waals surface area contributed by atoms with Gasteiger partial charge in [0.25, 0.3) is 10.1 Å². The molecule has 0 heterocycles. The van der Waals surface area contributed by atoms with Gasteiger partial charge in [0.05, 0.1) is 39.5 Å². The number of hydrogen-bond acceptors (Lipinski definition) is 4. The summed E-state index contributed by atoms with van der Waals surface area (Å²) in [4.78, 5) is 11.2. The predicted octanol–water partition coefficient (Wildman–Crippen LogP) is -0.144. The van der Waals surface area contributed by atoms with E-state index in [0.29, 0.717) is 36.1 Å². The van der Waals surface area contributed by atoms with Gasteiger partial charge in [0.2, 0.25) is 5.91 Å². The van der Waals surface area contributed by atoms with Gasteiger partial charge in [0.1, 0.15) is 0 Å². The third kappa shape index (κ3) is 11.8. The first-order chi connectivity index (χ1) is 8.03. The standard InChI is InChI=1S/C11H22N2O4S.H2O/c1-10(2)11(14)12-6-8-13(3,4)7-5-9-18(15,16)17;/h1,5-9H2,2-4H3,(H-,12,14,15,16,17);1H2. The van der Waals surface area contributed by atoms with Gasteiger partial charge in [-0.1, -0.05) is 6.58 Å². The summed E-state index contributed by atoms with van der Waals surface area (Å²) in [5.41, 5.74) is 0.465. The molecule has 0 saturated heterocycles. The second kappa shape index (κ2) is 8.26. The van der Waals surface area contributed by atoms with Gasteiger partial charge in [0, 0.05) is 12.0 Å². The van der Waals surface area contributed by atoms with E-state index >= 15 is 0 Å². The summed E-state index contributed by atoms with van der Waals surface area (Å²) >= 11 is 0. The number of likely N-dealkylation sites (N-methyl/N-ethyl adjacent to an activating group) is 1. The predicted molar refractivity (Wildman–Crippen MR) is 72.6 cm³/mol. The van der Waals surface area contributed by atoms with Crippen LogP contribution in [0.4, 0.5) is 0 Å². The van der Waals surface area contributed by atoms with Gasteiger partial charge < -0.3 is 15.3 Å². The summed E-state index contributed by atoms with van der Waals surface area (Å²) in [6.45, 7) is 6.98. The number of nitrogens with zero attached hydrogens (tertiary/aromatic N) is 1. The van der Waals surface area contributed by atoms with Gasteiger partial charge in [-0.25, -0.2) is 0 Å². The Morgan fingerprint density at radius 2 is 1.84 bits per heavy atom. The minimum absolute atomic E-state index is 0. The van der Waals surface area contributed by atoms with Gasteiger partial charge >= 0.3 is 0 Å². The van der Waals surface area contributed by atoms with E-state index in [1.165, 1.54) is 0 Å². The molecule has 0 aliphatic heterocycles. The molecule has 19 heavy (non-hydrogen) atoms. The average Bonchev–Trinajstić information content (AvgIpc) is 2.14. The Hall–Kier alpha value is -0.960. The van der Waals surface area contributed by atoms with Crippen molar-refractivity contribution in [3.8, 4) is 0 Å². The molecule has 0 aliphatic carbocycles. The van der Waals surface area contributed by atoms with Crippen LogP contribution in [0.25, 0.3) is 0 Å². The van der Waals surface area contributed by atoms with Gasteiger partial charge in [-0.15, -0.1) is 0 Å². The molecular formula is C11H24N2O5S. The first kappa shape index (κ1) is 20.4. The van der Waals surface area contributed by atoms with Gasteiger partial charge in [-0.05, 0) is 6.92 Å². The normalized spacial score (nSPS) is 11.6. The number of hydrogen-bond donors (Lipinski definition) is 2. The summed E-state index contributed by atoms with van der Waals surface area (Å²) < 4.78 is 30.4. The summed E-state index contributed by atoms with van der Waals surface area (Å²) in [6.07, 6.45) is 0.389. The molecule has 0 saturated carbocycles. The molecule has 0 atom stereocenters. The van der Waals surface area contributed by atoms with Crippen LogP contribution in [-0.2, 0) is 14.9 Å². The van der Waals surface area contributed by atoms with Crippen LogP contribution >= 0.6 is 0 Å². The molecule has 0 bridgehead atoms. The van der Waals surface area contributed by atoms with Gasteiger partial charge in [0.15, 0.2) is 0 Å². The lowest BCUT2D eigenvalue weighted by atomic mass is 10.3. The number of rotatable bonds is 8. The van der Waals surface area contributed by atoms with E-state index in [0.717, 1.165) is 0 Å². The van der Waals surface area contributed by atoms with Crippen LogP contribution in [0.2, 0.25) is 0 Å². The Labute approximate surface area is 114 Å². The van der Waals surface area contributed by atoms with Crippen molar-refractivity contribution in [2.45, 2.75) is 13.3 Å². The summed E-state index contributed by atoms with van der Waals surface area (Å²) in [5.74, 6) is -0.403. The quantitative estimate of drug-likeness (QED) is 0.367. The van der Waals surface area contributed by atoms with Crippen molar-refractivity contribution in [3.63, 3.8) is 0 Å². The van der Waals surface area contributed by atoms with E-state index < -0.39 is 10.1 Å². The van der Waals surface area contributed by atoms with Crippen LogP contribution < -0.4 is 5.32 Å². The fourth-order valence-electron chi connectivity index (χ4n) is 1.41. The third-order valence-corrected chi connectivity index (χ3v) is 3.36. The zero-order chi connectivity index (χ0) is 14.4. The molecule has 0 aliphatic rings. The zero-order valence-corrected chi connectivity index (χ0v) is 12.5. The van der Waals surface area contributed by atoms with Crippen molar-refractivity contribution in [3.05, 3.63) is 12.2 Å². The van der Waals surface area contributed by atoms with Gasteiger partial charge in [-0.3, -0.25) is 9.35 Å². The Morgan fingerprint density at radius 3 is 2.26 bits per heavy atom. The Bertz CT molecular complexity index is 403. The lowest BCUT2D eigenvalue weighted by Gasteiger charge is -2.29. The van der Waals surface area contributed by atoms with Crippen LogP contribution in [0.1, 0.15) is 13.3 Å². The van der Waals surface area contributed by atoms with E-state index in [-0.39, 0.29) is 17.1 Å². The molecule has 8 heteroatoms. The van der Waals surface area contributed by atoms with Crippen LogP contribution in [0.15, 0.2) is 12.2 Å². The van der Waals surface area contributed by atoms with Crippen molar-refractivity contribution in [1.82, 2.24) is 5.32 Å². The summed E-state index contributed by atoms with van der Waals surface area (Å²) in [6, 6.07) is 0. The first-order valence-electron chi connectivity index (χ1n) is 5.74. The monoisotopic (exact) mass is 296 g/mol. The molecule has 114 valence electrons. The second-order valence-electron chi connectivity index (χ2n) is 5.06. The highest BCUT2D eigenvalue weighted by Gasteiger charge is 2.16. The molecule has 0 fully saturated rings. The largest absolute Gasteiger partial charge is 0.870 e. The van der Waals surface area contributed by atoms with Crippen molar-refractivity contribution in [2.24, 2.45) is 0 Å². The minimum Gasteiger partial charge on any atom is -0.870 e. The van der Waals surface area contributed by atoms with E-state index in [1.807, 2.05) is 14.1 Å². The number of quaternary nitrogens is 1. The first-order valence-corrected chi connectivity index (χ1v) is 7.35. The third-order valence-electron chi connectivity index (χ3n) is 2.56. The Balaban J connectivity index is 0. The topological polar surface area (TPSA) is 113 Å². The fraction of sp³-hybridized carbons (Fsp3) is 0.727. The van der Waals surface area contributed by atoms with Crippen LogP contribution in [0, 0.1) is 0 Å².